The van der Waals surface area contributed by atoms with Crippen molar-refractivity contribution >= 4 is 32.3 Å². The highest BCUT2D eigenvalue weighted by Gasteiger charge is 2.18. The first kappa shape index (κ1) is 12.8. The van der Waals surface area contributed by atoms with E-state index in [1.165, 1.54) is 43.1 Å². The van der Waals surface area contributed by atoms with Crippen LogP contribution in [-0.2, 0) is 6.42 Å². The molecule has 21 heavy (non-hydrogen) atoms. The maximum atomic E-state index is 3.85. The van der Waals surface area contributed by atoms with E-state index in [1.54, 1.807) is 0 Å². The molecule has 0 amide bonds. The minimum atomic E-state index is 1.05. The topological polar surface area (TPSA) is 0 Å². The molecule has 0 bridgehead atoms. The quantitative estimate of drug-likeness (QED) is 0.494. The zero-order valence-corrected chi connectivity index (χ0v) is 13.4. The molecule has 0 aliphatic heterocycles. The van der Waals surface area contributed by atoms with Crippen molar-refractivity contribution in [1.29, 1.82) is 0 Å². The lowest BCUT2D eigenvalue weighted by Gasteiger charge is -2.13. The Balaban J connectivity index is 2.03. The van der Waals surface area contributed by atoms with Crippen LogP contribution in [0.3, 0.4) is 0 Å². The Morgan fingerprint density at radius 3 is 2.57 bits per heavy atom. The van der Waals surface area contributed by atoms with Gasteiger partial charge in [0.2, 0.25) is 0 Å². The number of hydrogen-bond donors (Lipinski definition) is 0. The molecule has 1 aliphatic rings. The van der Waals surface area contributed by atoms with E-state index in [9.17, 15) is 0 Å². The maximum absolute atomic E-state index is 3.85. The molecule has 0 aromatic heterocycles. The van der Waals surface area contributed by atoms with Gasteiger partial charge in [-0.2, -0.15) is 0 Å². The van der Waals surface area contributed by atoms with E-state index in [4.69, 9.17) is 0 Å². The van der Waals surface area contributed by atoms with Gasteiger partial charge in [-0.25, -0.2) is 0 Å². The van der Waals surface area contributed by atoms with Crippen LogP contribution in [0.5, 0.6) is 0 Å². The smallest absolute Gasteiger partial charge is 0.0331 e. The predicted molar refractivity (Wildman–Crippen MR) is 94.4 cm³/mol. The molecule has 4 rings (SSSR count). The van der Waals surface area contributed by atoms with Crippen molar-refractivity contribution in [1.82, 2.24) is 0 Å². The molecule has 0 saturated heterocycles. The average Bonchev–Trinajstić information content (AvgIpc) is 2.89. The number of benzene rings is 3. The Morgan fingerprint density at radius 2 is 1.67 bits per heavy atom. The summed E-state index contributed by atoms with van der Waals surface area (Å²) in [6.07, 6.45) is 3.36. The first-order valence-electron chi connectivity index (χ1n) is 7.22. The Labute approximate surface area is 133 Å². The fraction of sp³-hybridized carbons (Fsp3) is 0.100. The molecule has 1 heteroatoms. The first-order chi connectivity index (χ1) is 10.3. The second kappa shape index (κ2) is 4.85. The molecule has 3 aromatic rings. The highest BCUT2D eigenvalue weighted by Crippen LogP contribution is 2.41. The molecule has 0 saturated carbocycles. The Kier molecular flexibility index (Phi) is 2.97. The van der Waals surface area contributed by atoms with E-state index in [-0.39, 0.29) is 0 Å². The molecule has 0 atom stereocenters. The summed E-state index contributed by atoms with van der Waals surface area (Å²) in [7, 11) is 0. The molecule has 102 valence electrons. The van der Waals surface area contributed by atoms with Crippen molar-refractivity contribution in [3.8, 4) is 11.1 Å². The lowest BCUT2D eigenvalue weighted by atomic mass is 9.94. The molecule has 0 fully saturated rings. The molecular weight excluding hydrogens is 320 g/mol. The third-order valence-electron chi connectivity index (χ3n) is 4.33. The first-order valence-corrected chi connectivity index (χ1v) is 8.01. The minimum absolute atomic E-state index is 1.05. The molecule has 1 aliphatic carbocycles. The summed E-state index contributed by atoms with van der Waals surface area (Å²) in [5.74, 6) is 0. The van der Waals surface area contributed by atoms with Crippen LogP contribution in [0, 0.1) is 0 Å². The van der Waals surface area contributed by atoms with Gasteiger partial charge in [-0.05, 0) is 67.9 Å². The van der Waals surface area contributed by atoms with Gasteiger partial charge in [-0.15, -0.1) is 0 Å². The lowest BCUT2D eigenvalue weighted by molar-refractivity contribution is 1.30. The van der Waals surface area contributed by atoms with E-state index >= 15 is 0 Å². The van der Waals surface area contributed by atoms with Crippen molar-refractivity contribution in [2.45, 2.75) is 13.3 Å². The van der Waals surface area contributed by atoms with Crippen LogP contribution in [0.4, 0.5) is 0 Å². The van der Waals surface area contributed by atoms with E-state index in [1.807, 2.05) is 0 Å². The fourth-order valence-corrected chi connectivity index (χ4v) is 4.16. The number of fused-ring (bicyclic) bond motifs is 2. The SMILES string of the molecule is CC1=CCc2ccc(-c3cccc4ccccc34)c(Br)c21. The molecule has 0 spiro atoms. The molecule has 0 heterocycles. The standard InChI is InChI=1S/C20H15Br/c1-13-9-10-15-11-12-18(20(21)19(13)15)17-8-4-6-14-5-2-3-7-16(14)17/h2-9,11-12H,10H2,1H3. The van der Waals surface area contributed by atoms with Crippen LogP contribution >= 0.6 is 15.9 Å². The molecular formula is C20H15Br. The van der Waals surface area contributed by atoms with Crippen LogP contribution < -0.4 is 0 Å². The number of hydrogen-bond acceptors (Lipinski definition) is 0. The Bertz CT molecular complexity index is 882. The number of halogens is 1. The summed E-state index contributed by atoms with van der Waals surface area (Å²) in [5, 5.41) is 2.59. The van der Waals surface area contributed by atoms with Gasteiger partial charge < -0.3 is 0 Å². The maximum Gasteiger partial charge on any atom is 0.0331 e. The third kappa shape index (κ3) is 1.96. The van der Waals surface area contributed by atoms with Crippen LogP contribution in [-0.4, -0.2) is 0 Å². The van der Waals surface area contributed by atoms with Gasteiger partial charge in [0, 0.05) is 4.47 Å². The van der Waals surface area contributed by atoms with E-state index < -0.39 is 0 Å². The molecule has 0 radical (unpaired) electrons. The van der Waals surface area contributed by atoms with Crippen LogP contribution in [0.1, 0.15) is 18.1 Å². The summed E-state index contributed by atoms with van der Waals surface area (Å²) in [4.78, 5) is 0. The molecule has 0 nitrogen and oxygen atoms in total. The van der Waals surface area contributed by atoms with Crippen molar-refractivity contribution < 1.29 is 0 Å². The second-order valence-corrected chi connectivity index (χ2v) is 6.37. The Morgan fingerprint density at radius 1 is 0.857 bits per heavy atom. The highest BCUT2D eigenvalue weighted by atomic mass is 79.9. The van der Waals surface area contributed by atoms with E-state index in [0.29, 0.717) is 0 Å². The highest BCUT2D eigenvalue weighted by molar-refractivity contribution is 9.10. The van der Waals surface area contributed by atoms with Gasteiger partial charge in [-0.3, -0.25) is 0 Å². The van der Waals surface area contributed by atoms with Gasteiger partial charge >= 0.3 is 0 Å². The predicted octanol–water partition coefficient (Wildman–Crippen LogP) is 6.23. The third-order valence-corrected chi connectivity index (χ3v) is 5.15. The van der Waals surface area contributed by atoms with Crippen molar-refractivity contribution in [3.63, 3.8) is 0 Å². The molecule has 0 unspecified atom stereocenters. The van der Waals surface area contributed by atoms with Crippen LogP contribution in [0.2, 0.25) is 0 Å². The van der Waals surface area contributed by atoms with Gasteiger partial charge in [0.25, 0.3) is 0 Å². The summed E-state index contributed by atoms with van der Waals surface area (Å²) in [6.45, 7) is 2.20. The lowest BCUT2D eigenvalue weighted by Crippen LogP contribution is -1.90. The number of allylic oxidation sites excluding steroid dienone is 2. The van der Waals surface area contributed by atoms with E-state index in [2.05, 4.69) is 83.5 Å². The fourth-order valence-electron chi connectivity index (χ4n) is 3.25. The van der Waals surface area contributed by atoms with Crippen LogP contribution in [0.15, 0.2) is 65.1 Å². The summed E-state index contributed by atoms with van der Waals surface area (Å²) in [5.41, 5.74) is 6.74. The van der Waals surface area contributed by atoms with Crippen molar-refractivity contribution in [2.75, 3.05) is 0 Å². The van der Waals surface area contributed by atoms with E-state index in [0.717, 1.165) is 6.42 Å². The van der Waals surface area contributed by atoms with Gasteiger partial charge in [0.1, 0.15) is 0 Å². The molecule has 3 aromatic carbocycles. The van der Waals surface area contributed by atoms with Crippen LogP contribution in [0.25, 0.3) is 27.5 Å². The zero-order chi connectivity index (χ0) is 14.4. The van der Waals surface area contributed by atoms with Gasteiger partial charge in [0.05, 0.1) is 0 Å². The van der Waals surface area contributed by atoms with Crippen molar-refractivity contribution in [2.24, 2.45) is 0 Å². The van der Waals surface area contributed by atoms with Crippen molar-refractivity contribution in [3.05, 3.63) is 76.3 Å². The summed E-state index contributed by atoms with van der Waals surface area (Å²) >= 11 is 3.85. The normalized spacial score (nSPS) is 13.3. The Hall–Kier alpha value is -1.86. The summed E-state index contributed by atoms with van der Waals surface area (Å²) < 4.78 is 1.22. The largest absolute Gasteiger partial charge is 0.0765 e. The minimum Gasteiger partial charge on any atom is -0.0765 e. The van der Waals surface area contributed by atoms with Gasteiger partial charge in [-0.1, -0.05) is 60.7 Å². The average molecular weight is 335 g/mol. The van der Waals surface area contributed by atoms with Gasteiger partial charge in [0.15, 0.2) is 0 Å². The zero-order valence-electron chi connectivity index (χ0n) is 11.9. The monoisotopic (exact) mass is 334 g/mol. The number of rotatable bonds is 1. The molecule has 0 N–H and O–H groups in total. The second-order valence-electron chi connectivity index (χ2n) is 5.58. The summed E-state index contributed by atoms with van der Waals surface area (Å²) in [6, 6.07) is 19.6.